The summed E-state index contributed by atoms with van der Waals surface area (Å²) in [5.74, 6) is 0.0698. The molecule has 0 aliphatic heterocycles. The fourth-order valence-corrected chi connectivity index (χ4v) is 2.20. The highest BCUT2D eigenvalue weighted by molar-refractivity contribution is 9.09. The third-order valence-electron chi connectivity index (χ3n) is 1.76. The van der Waals surface area contributed by atoms with E-state index in [0.29, 0.717) is 11.8 Å². The molecule has 1 aromatic heterocycles. The molecular formula is C9H13BrN2OS. The molecule has 1 unspecified atom stereocenters. The number of carbonyl (C=O) groups excluding carboxylic acids is 1. The third-order valence-corrected chi connectivity index (χ3v) is 3.26. The van der Waals surface area contributed by atoms with Crippen molar-refractivity contribution < 1.29 is 4.79 Å². The fourth-order valence-electron chi connectivity index (χ4n) is 1.05. The Bertz CT molecular complexity index is 314. The van der Waals surface area contributed by atoms with E-state index >= 15 is 0 Å². The summed E-state index contributed by atoms with van der Waals surface area (Å²) < 4.78 is 0. The Kier molecular flexibility index (Phi) is 4.54. The van der Waals surface area contributed by atoms with Gasteiger partial charge in [-0.2, -0.15) is 0 Å². The molecule has 1 amide bonds. The zero-order chi connectivity index (χ0) is 10.6. The zero-order valence-corrected chi connectivity index (χ0v) is 10.6. The average Bonchev–Trinajstić information content (AvgIpc) is 2.52. The molecule has 0 saturated carbocycles. The SMILES string of the molecule is Cc1ncc(C(C)NC(=O)CCBr)s1. The Morgan fingerprint density at radius 1 is 1.79 bits per heavy atom. The van der Waals surface area contributed by atoms with E-state index in [1.807, 2.05) is 20.0 Å². The van der Waals surface area contributed by atoms with Gasteiger partial charge in [0.1, 0.15) is 0 Å². The maximum absolute atomic E-state index is 11.3. The quantitative estimate of drug-likeness (QED) is 0.859. The lowest BCUT2D eigenvalue weighted by Gasteiger charge is -2.10. The molecule has 0 bridgehead atoms. The first-order valence-electron chi connectivity index (χ1n) is 4.41. The van der Waals surface area contributed by atoms with E-state index in [-0.39, 0.29) is 11.9 Å². The van der Waals surface area contributed by atoms with Gasteiger partial charge in [-0.1, -0.05) is 15.9 Å². The van der Waals surface area contributed by atoms with E-state index in [9.17, 15) is 4.79 Å². The maximum atomic E-state index is 11.3. The summed E-state index contributed by atoms with van der Waals surface area (Å²) in [5.41, 5.74) is 0. The summed E-state index contributed by atoms with van der Waals surface area (Å²) in [4.78, 5) is 16.5. The van der Waals surface area contributed by atoms with Gasteiger partial charge in [-0.05, 0) is 13.8 Å². The van der Waals surface area contributed by atoms with Gasteiger partial charge in [-0.25, -0.2) is 4.98 Å². The first-order valence-corrected chi connectivity index (χ1v) is 6.35. The van der Waals surface area contributed by atoms with Gasteiger partial charge in [0.15, 0.2) is 0 Å². The Labute approximate surface area is 96.1 Å². The number of alkyl halides is 1. The third kappa shape index (κ3) is 3.38. The van der Waals surface area contributed by atoms with Crippen molar-refractivity contribution >= 4 is 33.2 Å². The summed E-state index contributed by atoms with van der Waals surface area (Å²) in [6.07, 6.45) is 2.33. The van der Waals surface area contributed by atoms with Crippen LogP contribution in [0.4, 0.5) is 0 Å². The molecular weight excluding hydrogens is 264 g/mol. The van der Waals surface area contributed by atoms with Crippen LogP contribution < -0.4 is 5.32 Å². The molecule has 78 valence electrons. The molecule has 14 heavy (non-hydrogen) atoms. The summed E-state index contributed by atoms with van der Waals surface area (Å²) in [6.45, 7) is 3.93. The van der Waals surface area contributed by atoms with Crippen LogP contribution in [0.15, 0.2) is 6.20 Å². The number of halogens is 1. The van der Waals surface area contributed by atoms with Gasteiger partial charge in [0, 0.05) is 22.8 Å². The van der Waals surface area contributed by atoms with Gasteiger partial charge in [0.05, 0.1) is 11.0 Å². The van der Waals surface area contributed by atoms with Crippen molar-refractivity contribution in [3.8, 4) is 0 Å². The summed E-state index contributed by atoms with van der Waals surface area (Å²) >= 11 is 4.85. The molecule has 1 N–H and O–H groups in total. The van der Waals surface area contributed by atoms with Crippen LogP contribution in [0.2, 0.25) is 0 Å². The predicted molar refractivity (Wildman–Crippen MR) is 61.8 cm³/mol. The van der Waals surface area contributed by atoms with Crippen molar-refractivity contribution in [1.82, 2.24) is 10.3 Å². The standard InChI is InChI=1S/C9H13BrN2OS/c1-6(12-9(13)3-4-10)8-5-11-7(2)14-8/h5-6H,3-4H2,1-2H3,(H,12,13). The second kappa shape index (κ2) is 5.46. The number of rotatable bonds is 4. The first-order chi connectivity index (χ1) is 6.63. The fraction of sp³-hybridized carbons (Fsp3) is 0.556. The Balaban J connectivity index is 2.50. The lowest BCUT2D eigenvalue weighted by molar-refractivity contribution is -0.121. The number of nitrogens with zero attached hydrogens (tertiary/aromatic N) is 1. The van der Waals surface area contributed by atoms with E-state index in [0.717, 1.165) is 9.88 Å². The monoisotopic (exact) mass is 276 g/mol. The average molecular weight is 277 g/mol. The number of amides is 1. The van der Waals surface area contributed by atoms with Crippen LogP contribution in [0.5, 0.6) is 0 Å². The summed E-state index contributed by atoms with van der Waals surface area (Å²) in [5, 5.41) is 4.64. The van der Waals surface area contributed by atoms with E-state index in [1.165, 1.54) is 0 Å². The molecule has 0 fully saturated rings. The van der Waals surface area contributed by atoms with Gasteiger partial charge < -0.3 is 5.32 Å². The molecule has 1 rings (SSSR count). The molecule has 3 nitrogen and oxygen atoms in total. The lowest BCUT2D eigenvalue weighted by atomic mass is 10.3. The smallest absolute Gasteiger partial charge is 0.221 e. The zero-order valence-electron chi connectivity index (χ0n) is 8.21. The van der Waals surface area contributed by atoms with Gasteiger partial charge in [0.2, 0.25) is 5.91 Å². The minimum absolute atomic E-state index is 0.0627. The number of thiazole rings is 1. The van der Waals surface area contributed by atoms with Gasteiger partial charge in [-0.15, -0.1) is 11.3 Å². The molecule has 0 radical (unpaired) electrons. The molecule has 0 aliphatic carbocycles. The second-order valence-corrected chi connectivity index (χ2v) is 5.07. The maximum Gasteiger partial charge on any atom is 0.221 e. The van der Waals surface area contributed by atoms with Crippen LogP contribution in [-0.4, -0.2) is 16.2 Å². The molecule has 5 heteroatoms. The Morgan fingerprint density at radius 3 is 3.00 bits per heavy atom. The van der Waals surface area contributed by atoms with Crippen LogP contribution in [-0.2, 0) is 4.79 Å². The van der Waals surface area contributed by atoms with Gasteiger partial charge in [0.25, 0.3) is 0 Å². The van der Waals surface area contributed by atoms with Crippen molar-refractivity contribution in [2.75, 3.05) is 5.33 Å². The molecule has 1 heterocycles. The number of aryl methyl sites for hydroxylation is 1. The van der Waals surface area contributed by atoms with Crippen LogP contribution in [0.1, 0.15) is 29.3 Å². The Hall–Kier alpha value is -0.420. The number of nitrogens with one attached hydrogen (secondary N) is 1. The van der Waals surface area contributed by atoms with E-state index in [1.54, 1.807) is 11.3 Å². The molecule has 0 saturated heterocycles. The highest BCUT2D eigenvalue weighted by Crippen LogP contribution is 2.19. The van der Waals surface area contributed by atoms with Crippen LogP contribution in [0, 0.1) is 6.92 Å². The van der Waals surface area contributed by atoms with Crippen LogP contribution in [0.3, 0.4) is 0 Å². The summed E-state index contributed by atoms with van der Waals surface area (Å²) in [7, 11) is 0. The minimum Gasteiger partial charge on any atom is -0.349 e. The predicted octanol–water partition coefficient (Wildman–Crippen LogP) is 2.41. The van der Waals surface area contributed by atoms with Gasteiger partial charge >= 0.3 is 0 Å². The van der Waals surface area contributed by atoms with Crippen LogP contribution in [0.25, 0.3) is 0 Å². The first kappa shape index (κ1) is 11.7. The second-order valence-electron chi connectivity index (χ2n) is 3.01. The summed E-state index contributed by atoms with van der Waals surface area (Å²) in [6, 6.07) is 0.0627. The molecule has 0 aromatic carbocycles. The van der Waals surface area contributed by atoms with Crippen LogP contribution >= 0.6 is 27.3 Å². The minimum atomic E-state index is 0.0627. The van der Waals surface area contributed by atoms with Crippen molar-refractivity contribution in [2.45, 2.75) is 26.3 Å². The van der Waals surface area contributed by atoms with Crippen molar-refractivity contribution in [2.24, 2.45) is 0 Å². The van der Waals surface area contributed by atoms with Gasteiger partial charge in [-0.3, -0.25) is 4.79 Å². The van der Waals surface area contributed by atoms with E-state index < -0.39 is 0 Å². The molecule has 0 aliphatic rings. The topological polar surface area (TPSA) is 42.0 Å². The highest BCUT2D eigenvalue weighted by atomic mass is 79.9. The largest absolute Gasteiger partial charge is 0.349 e. The molecule has 0 spiro atoms. The van der Waals surface area contributed by atoms with Crippen molar-refractivity contribution in [3.63, 3.8) is 0 Å². The van der Waals surface area contributed by atoms with E-state index in [4.69, 9.17) is 0 Å². The number of hydrogen-bond acceptors (Lipinski definition) is 3. The van der Waals surface area contributed by atoms with Crippen molar-refractivity contribution in [3.05, 3.63) is 16.1 Å². The molecule has 1 atom stereocenters. The van der Waals surface area contributed by atoms with E-state index in [2.05, 4.69) is 26.2 Å². The molecule has 1 aromatic rings. The lowest BCUT2D eigenvalue weighted by Crippen LogP contribution is -2.26. The highest BCUT2D eigenvalue weighted by Gasteiger charge is 2.10. The number of aromatic nitrogens is 1. The number of hydrogen-bond donors (Lipinski definition) is 1. The number of carbonyl (C=O) groups is 1. The Morgan fingerprint density at radius 2 is 2.50 bits per heavy atom. The normalized spacial score (nSPS) is 12.5. The van der Waals surface area contributed by atoms with Crippen molar-refractivity contribution in [1.29, 1.82) is 0 Å².